The molecule has 1 amide bonds. The Morgan fingerprint density at radius 2 is 2.38 bits per heavy atom. The predicted molar refractivity (Wildman–Crippen MR) is 66.3 cm³/mol. The monoisotopic (exact) mass is 286 g/mol. The minimum Gasteiger partial charge on any atom is -0.492 e. The maximum Gasteiger partial charge on any atom is 0.236 e. The number of nitrogens with two attached hydrogens (primary N) is 1. The highest BCUT2D eigenvalue weighted by molar-refractivity contribution is 9.10. The zero-order valence-electron chi connectivity index (χ0n) is 9.07. The number of hydrogen-bond donors (Lipinski definition) is 2. The zero-order valence-corrected chi connectivity index (χ0v) is 10.7. The molecule has 4 nitrogen and oxygen atoms in total. The molecule has 0 fully saturated rings. The van der Waals surface area contributed by atoms with E-state index >= 15 is 0 Å². The molecule has 3 N–H and O–H groups in total. The number of ether oxygens (including phenoxy) is 1. The molecule has 0 radical (unpaired) electrons. The molecule has 0 aromatic heterocycles. The highest BCUT2D eigenvalue weighted by Gasteiger charge is 2.05. The van der Waals surface area contributed by atoms with Gasteiger partial charge in [-0.05, 0) is 25.1 Å². The van der Waals surface area contributed by atoms with Crippen molar-refractivity contribution in [2.24, 2.45) is 5.73 Å². The lowest BCUT2D eigenvalue weighted by atomic mass is 10.3. The summed E-state index contributed by atoms with van der Waals surface area (Å²) < 4.78 is 6.39. The Kier molecular flexibility index (Phi) is 5.28. The second kappa shape index (κ2) is 6.50. The maximum atomic E-state index is 11.1. The van der Waals surface area contributed by atoms with Crippen LogP contribution in [0.15, 0.2) is 28.7 Å². The molecule has 0 aliphatic carbocycles. The summed E-state index contributed by atoms with van der Waals surface area (Å²) in [6, 6.07) is 7.06. The highest BCUT2D eigenvalue weighted by Crippen LogP contribution is 2.17. The summed E-state index contributed by atoms with van der Waals surface area (Å²) in [6.45, 7) is 2.52. The van der Waals surface area contributed by atoms with Crippen molar-refractivity contribution >= 4 is 21.8 Å². The Hall–Kier alpha value is -1.07. The van der Waals surface area contributed by atoms with E-state index in [4.69, 9.17) is 10.5 Å². The van der Waals surface area contributed by atoms with Crippen molar-refractivity contribution in [3.63, 3.8) is 0 Å². The summed E-state index contributed by atoms with van der Waals surface area (Å²) in [5.41, 5.74) is 5.39. The number of carbonyl (C=O) groups is 1. The van der Waals surface area contributed by atoms with E-state index in [0.29, 0.717) is 13.2 Å². The van der Waals surface area contributed by atoms with Crippen molar-refractivity contribution in [1.29, 1.82) is 0 Å². The Morgan fingerprint density at radius 1 is 1.62 bits per heavy atom. The van der Waals surface area contributed by atoms with E-state index in [-0.39, 0.29) is 5.91 Å². The van der Waals surface area contributed by atoms with Gasteiger partial charge in [-0.3, -0.25) is 4.79 Å². The topological polar surface area (TPSA) is 64.4 Å². The summed E-state index contributed by atoms with van der Waals surface area (Å²) in [5, 5.41) is 2.67. The summed E-state index contributed by atoms with van der Waals surface area (Å²) in [7, 11) is 0. The van der Waals surface area contributed by atoms with Crippen LogP contribution in [0.25, 0.3) is 0 Å². The lowest BCUT2D eigenvalue weighted by Gasteiger charge is -2.09. The first-order valence-corrected chi connectivity index (χ1v) is 5.80. The van der Waals surface area contributed by atoms with E-state index in [1.165, 1.54) is 0 Å². The number of carbonyl (C=O) groups excluding carboxylic acids is 1. The van der Waals surface area contributed by atoms with Gasteiger partial charge in [0.1, 0.15) is 12.4 Å². The molecule has 0 saturated carbocycles. The zero-order chi connectivity index (χ0) is 12.0. The van der Waals surface area contributed by atoms with Gasteiger partial charge in [0.25, 0.3) is 0 Å². The molecule has 0 spiro atoms. The first-order chi connectivity index (χ1) is 7.59. The van der Waals surface area contributed by atoms with Gasteiger partial charge in [0.05, 0.1) is 12.6 Å². The maximum absolute atomic E-state index is 11.1. The lowest BCUT2D eigenvalue weighted by molar-refractivity contribution is -0.122. The Balaban J connectivity index is 2.23. The molecule has 5 heteroatoms. The molecule has 0 aliphatic rings. The van der Waals surface area contributed by atoms with Crippen molar-refractivity contribution < 1.29 is 9.53 Å². The molecular weight excluding hydrogens is 272 g/mol. The molecule has 16 heavy (non-hydrogen) atoms. The van der Waals surface area contributed by atoms with Gasteiger partial charge in [-0.1, -0.05) is 22.0 Å². The minimum atomic E-state index is -0.481. The third-order valence-corrected chi connectivity index (χ3v) is 2.37. The van der Waals surface area contributed by atoms with Crippen LogP contribution in [0.2, 0.25) is 0 Å². The van der Waals surface area contributed by atoms with E-state index in [2.05, 4.69) is 21.2 Å². The minimum absolute atomic E-state index is 0.169. The van der Waals surface area contributed by atoms with Gasteiger partial charge >= 0.3 is 0 Å². The number of benzene rings is 1. The van der Waals surface area contributed by atoms with Crippen molar-refractivity contribution in [2.45, 2.75) is 13.0 Å². The van der Waals surface area contributed by atoms with Gasteiger partial charge < -0.3 is 15.8 Å². The molecule has 1 rings (SSSR count). The molecule has 0 aliphatic heterocycles. The van der Waals surface area contributed by atoms with Gasteiger partial charge in [-0.15, -0.1) is 0 Å². The summed E-state index contributed by atoms with van der Waals surface area (Å²) >= 11 is 3.35. The first-order valence-electron chi connectivity index (χ1n) is 5.01. The van der Waals surface area contributed by atoms with Crippen LogP contribution in [-0.4, -0.2) is 25.1 Å². The van der Waals surface area contributed by atoms with Crippen LogP contribution in [0.5, 0.6) is 5.75 Å². The molecule has 1 atom stereocenters. The van der Waals surface area contributed by atoms with Crippen molar-refractivity contribution in [2.75, 3.05) is 13.2 Å². The average molecular weight is 287 g/mol. The number of hydrogen-bond acceptors (Lipinski definition) is 3. The van der Waals surface area contributed by atoms with Crippen molar-refractivity contribution in [1.82, 2.24) is 5.32 Å². The molecule has 0 heterocycles. The third kappa shape index (κ3) is 4.63. The van der Waals surface area contributed by atoms with E-state index < -0.39 is 6.04 Å². The van der Waals surface area contributed by atoms with Crippen LogP contribution in [-0.2, 0) is 4.79 Å². The summed E-state index contributed by atoms with van der Waals surface area (Å²) in [4.78, 5) is 11.1. The summed E-state index contributed by atoms with van der Waals surface area (Å²) in [5.74, 6) is 0.599. The summed E-state index contributed by atoms with van der Waals surface area (Å²) in [6.07, 6.45) is 0. The quantitative estimate of drug-likeness (QED) is 0.802. The second-order valence-electron chi connectivity index (χ2n) is 3.39. The van der Waals surface area contributed by atoms with Crippen molar-refractivity contribution in [3.05, 3.63) is 28.7 Å². The fraction of sp³-hybridized carbons (Fsp3) is 0.364. The van der Waals surface area contributed by atoms with Gasteiger partial charge in [0.2, 0.25) is 5.91 Å². The average Bonchev–Trinajstić information content (AvgIpc) is 2.24. The van der Waals surface area contributed by atoms with Crippen molar-refractivity contribution in [3.8, 4) is 5.75 Å². The van der Waals surface area contributed by atoms with Crippen LogP contribution in [0.4, 0.5) is 0 Å². The van der Waals surface area contributed by atoms with Crippen LogP contribution < -0.4 is 15.8 Å². The second-order valence-corrected chi connectivity index (χ2v) is 4.30. The van der Waals surface area contributed by atoms with E-state index in [9.17, 15) is 4.79 Å². The Morgan fingerprint density at radius 3 is 3.00 bits per heavy atom. The molecule has 0 unspecified atom stereocenters. The lowest BCUT2D eigenvalue weighted by Crippen LogP contribution is -2.40. The molecule has 0 bridgehead atoms. The fourth-order valence-electron chi connectivity index (χ4n) is 1.06. The Bertz CT molecular complexity index is 356. The number of halogens is 1. The number of rotatable bonds is 5. The predicted octanol–water partition coefficient (Wildman–Crippen LogP) is 1.29. The van der Waals surface area contributed by atoms with E-state index in [1.54, 1.807) is 6.92 Å². The van der Waals surface area contributed by atoms with Gasteiger partial charge in [-0.25, -0.2) is 0 Å². The first kappa shape index (κ1) is 13.0. The van der Waals surface area contributed by atoms with Gasteiger partial charge in [0, 0.05) is 4.47 Å². The van der Waals surface area contributed by atoms with Crippen LogP contribution >= 0.6 is 15.9 Å². The van der Waals surface area contributed by atoms with Gasteiger partial charge in [0.15, 0.2) is 0 Å². The number of nitrogens with one attached hydrogen (secondary N) is 1. The van der Waals surface area contributed by atoms with Crippen LogP contribution in [0.3, 0.4) is 0 Å². The van der Waals surface area contributed by atoms with E-state index in [0.717, 1.165) is 10.2 Å². The normalized spacial score (nSPS) is 11.9. The highest BCUT2D eigenvalue weighted by atomic mass is 79.9. The van der Waals surface area contributed by atoms with E-state index in [1.807, 2.05) is 24.3 Å². The SMILES string of the molecule is C[C@@H](N)C(=O)NCCOc1cccc(Br)c1. The molecule has 88 valence electrons. The Labute approximate surface area is 103 Å². The molecular formula is C11H15BrN2O2. The molecule has 1 aromatic carbocycles. The molecule has 1 aromatic rings. The van der Waals surface area contributed by atoms with Gasteiger partial charge in [-0.2, -0.15) is 0 Å². The largest absolute Gasteiger partial charge is 0.492 e. The fourth-order valence-corrected chi connectivity index (χ4v) is 1.44. The van der Waals surface area contributed by atoms with Crippen LogP contribution in [0, 0.1) is 0 Å². The van der Waals surface area contributed by atoms with Crippen LogP contribution in [0.1, 0.15) is 6.92 Å². The third-order valence-electron chi connectivity index (χ3n) is 1.88. The standard InChI is InChI=1S/C11H15BrN2O2/c1-8(13)11(15)14-5-6-16-10-4-2-3-9(12)7-10/h2-4,7-8H,5-6,13H2,1H3,(H,14,15)/t8-/m1/s1. The smallest absolute Gasteiger partial charge is 0.236 e. The number of amides is 1. The molecule has 0 saturated heterocycles.